The van der Waals surface area contributed by atoms with Crippen LogP contribution in [0.15, 0.2) is 42.5 Å². The van der Waals surface area contributed by atoms with E-state index in [2.05, 4.69) is 4.98 Å². The molecule has 3 rings (SSSR count). The number of para-hydroxylation sites is 1. The molecule has 2 aromatic carbocycles. The number of hydrogen-bond acceptors (Lipinski definition) is 3. The molecule has 1 aromatic heterocycles. The summed E-state index contributed by atoms with van der Waals surface area (Å²) in [4.78, 5) is 16.0. The minimum absolute atomic E-state index is 0.281. The SMILES string of the molecule is COc1ccc2c(C(=O)O)c3ccccc3nc2c1. The van der Waals surface area contributed by atoms with Gasteiger partial charge in [0.2, 0.25) is 0 Å². The summed E-state index contributed by atoms with van der Waals surface area (Å²) in [7, 11) is 1.57. The van der Waals surface area contributed by atoms with E-state index in [1.54, 1.807) is 37.4 Å². The van der Waals surface area contributed by atoms with Crippen LogP contribution >= 0.6 is 0 Å². The fourth-order valence-electron chi connectivity index (χ4n) is 2.23. The number of nitrogens with zero attached hydrogens (tertiary/aromatic N) is 1. The smallest absolute Gasteiger partial charge is 0.337 e. The summed E-state index contributed by atoms with van der Waals surface area (Å²) in [6.45, 7) is 0. The number of aromatic carboxylic acids is 1. The molecule has 4 nitrogen and oxygen atoms in total. The van der Waals surface area contributed by atoms with Crippen LogP contribution in [0.25, 0.3) is 21.8 Å². The van der Waals surface area contributed by atoms with Gasteiger partial charge >= 0.3 is 5.97 Å². The van der Waals surface area contributed by atoms with Crippen molar-refractivity contribution in [1.82, 2.24) is 4.98 Å². The Kier molecular flexibility index (Phi) is 2.56. The summed E-state index contributed by atoms with van der Waals surface area (Å²) in [5.74, 6) is -0.291. The molecule has 0 atom stereocenters. The Hall–Kier alpha value is -2.62. The van der Waals surface area contributed by atoms with Crippen LogP contribution in [0.5, 0.6) is 5.75 Å². The third-order valence-electron chi connectivity index (χ3n) is 3.10. The van der Waals surface area contributed by atoms with Gasteiger partial charge in [-0.1, -0.05) is 18.2 Å². The Balaban J connectivity index is 2.50. The van der Waals surface area contributed by atoms with Crippen molar-refractivity contribution in [1.29, 1.82) is 0 Å². The molecule has 0 aliphatic rings. The van der Waals surface area contributed by atoms with Crippen LogP contribution in [0.3, 0.4) is 0 Å². The van der Waals surface area contributed by atoms with Gasteiger partial charge in [-0.05, 0) is 18.2 Å². The van der Waals surface area contributed by atoms with Crippen LogP contribution in [0.4, 0.5) is 0 Å². The largest absolute Gasteiger partial charge is 0.497 e. The normalized spacial score (nSPS) is 10.8. The van der Waals surface area contributed by atoms with Crippen molar-refractivity contribution in [2.45, 2.75) is 0 Å². The number of hydrogen-bond donors (Lipinski definition) is 1. The highest BCUT2D eigenvalue weighted by molar-refractivity contribution is 6.13. The minimum Gasteiger partial charge on any atom is -0.497 e. The number of pyridine rings is 1. The first-order valence-corrected chi connectivity index (χ1v) is 5.80. The lowest BCUT2D eigenvalue weighted by molar-refractivity contribution is 0.0701. The molecule has 0 saturated heterocycles. The molecule has 0 amide bonds. The molecule has 0 spiro atoms. The van der Waals surface area contributed by atoms with Crippen molar-refractivity contribution in [3.8, 4) is 5.75 Å². The third-order valence-corrected chi connectivity index (χ3v) is 3.10. The molecule has 0 radical (unpaired) electrons. The van der Waals surface area contributed by atoms with Gasteiger partial charge in [-0.25, -0.2) is 9.78 Å². The number of carboxylic acids is 1. The predicted molar refractivity (Wildman–Crippen MR) is 72.8 cm³/mol. The second-order valence-electron chi connectivity index (χ2n) is 4.19. The lowest BCUT2D eigenvalue weighted by atomic mass is 10.0. The molecule has 0 saturated carbocycles. The standard InChI is InChI=1S/C15H11NO3/c1-19-9-6-7-11-13(8-9)16-12-5-3-2-4-10(12)14(11)15(17)18/h2-8H,1H3,(H,17,18). The predicted octanol–water partition coefficient (Wildman–Crippen LogP) is 3.09. The number of methoxy groups -OCH3 is 1. The molecule has 4 heteroatoms. The second-order valence-corrected chi connectivity index (χ2v) is 4.19. The molecular weight excluding hydrogens is 242 g/mol. The van der Waals surface area contributed by atoms with Crippen molar-refractivity contribution in [2.75, 3.05) is 7.11 Å². The van der Waals surface area contributed by atoms with E-state index >= 15 is 0 Å². The average Bonchev–Trinajstić information content (AvgIpc) is 2.43. The Labute approximate surface area is 109 Å². The zero-order valence-corrected chi connectivity index (χ0v) is 10.3. The molecule has 19 heavy (non-hydrogen) atoms. The summed E-state index contributed by atoms with van der Waals surface area (Å²) in [6, 6.07) is 12.4. The van der Waals surface area contributed by atoms with E-state index in [0.29, 0.717) is 27.6 Å². The van der Waals surface area contributed by atoms with Gasteiger partial charge in [-0.2, -0.15) is 0 Å². The fraction of sp³-hybridized carbons (Fsp3) is 0.0667. The highest BCUT2D eigenvalue weighted by Gasteiger charge is 2.15. The monoisotopic (exact) mass is 253 g/mol. The molecule has 0 fully saturated rings. The average molecular weight is 253 g/mol. The Morgan fingerprint density at radius 3 is 2.58 bits per heavy atom. The van der Waals surface area contributed by atoms with E-state index in [9.17, 15) is 9.90 Å². The van der Waals surface area contributed by atoms with Crippen LogP contribution in [0.1, 0.15) is 10.4 Å². The van der Waals surface area contributed by atoms with Crippen LogP contribution in [0.2, 0.25) is 0 Å². The molecule has 0 aliphatic heterocycles. The first-order chi connectivity index (χ1) is 9.20. The van der Waals surface area contributed by atoms with Crippen molar-refractivity contribution >= 4 is 27.8 Å². The van der Waals surface area contributed by atoms with E-state index in [4.69, 9.17) is 4.74 Å². The summed E-state index contributed by atoms with van der Waals surface area (Å²) in [6.07, 6.45) is 0. The van der Waals surface area contributed by atoms with E-state index in [1.165, 1.54) is 0 Å². The summed E-state index contributed by atoms with van der Waals surface area (Å²) < 4.78 is 5.15. The number of carbonyl (C=O) groups is 1. The molecule has 0 bridgehead atoms. The number of carboxylic acid groups (broad SMARTS) is 1. The maximum absolute atomic E-state index is 11.5. The number of benzene rings is 2. The summed E-state index contributed by atoms with van der Waals surface area (Å²) in [5.41, 5.74) is 1.57. The van der Waals surface area contributed by atoms with Crippen LogP contribution in [-0.4, -0.2) is 23.2 Å². The second kappa shape index (κ2) is 4.24. The topological polar surface area (TPSA) is 59.4 Å². The molecule has 0 unspecified atom stereocenters. The van der Waals surface area contributed by atoms with Crippen molar-refractivity contribution < 1.29 is 14.6 Å². The maximum atomic E-state index is 11.5. The van der Waals surface area contributed by atoms with Crippen LogP contribution in [0, 0.1) is 0 Å². The van der Waals surface area contributed by atoms with Gasteiger partial charge in [0, 0.05) is 16.8 Å². The molecule has 1 heterocycles. The summed E-state index contributed by atoms with van der Waals surface area (Å²) >= 11 is 0. The molecule has 0 aliphatic carbocycles. The van der Waals surface area contributed by atoms with Gasteiger partial charge < -0.3 is 9.84 Å². The van der Waals surface area contributed by atoms with E-state index < -0.39 is 5.97 Å². The van der Waals surface area contributed by atoms with Crippen molar-refractivity contribution in [3.63, 3.8) is 0 Å². The van der Waals surface area contributed by atoms with Gasteiger partial charge in [-0.3, -0.25) is 0 Å². The molecular formula is C15H11NO3. The van der Waals surface area contributed by atoms with Crippen molar-refractivity contribution in [3.05, 3.63) is 48.0 Å². The number of ether oxygens (including phenoxy) is 1. The highest BCUT2D eigenvalue weighted by Crippen LogP contribution is 2.28. The Morgan fingerprint density at radius 2 is 1.84 bits per heavy atom. The van der Waals surface area contributed by atoms with Crippen LogP contribution < -0.4 is 4.74 Å². The first-order valence-electron chi connectivity index (χ1n) is 5.80. The van der Waals surface area contributed by atoms with Gasteiger partial charge in [-0.15, -0.1) is 0 Å². The summed E-state index contributed by atoms with van der Waals surface area (Å²) in [5, 5.41) is 10.7. The lowest BCUT2D eigenvalue weighted by Crippen LogP contribution is -2.01. The maximum Gasteiger partial charge on any atom is 0.337 e. The first kappa shape index (κ1) is 11.5. The fourth-order valence-corrected chi connectivity index (χ4v) is 2.23. The highest BCUT2D eigenvalue weighted by atomic mass is 16.5. The van der Waals surface area contributed by atoms with E-state index in [-0.39, 0.29) is 5.56 Å². The zero-order chi connectivity index (χ0) is 13.4. The van der Waals surface area contributed by atoms with Crippen LogP contribution in [-0.2, 0) is 0 Å². The van der Waals surface area contributed by atoms with Crippen molar-refractivity contribution in [2.24, 2.45) is 0 Å². The number of rotatable bonds is 2. The van der Waals surface area contributed by atoms with E-state index in [1.807, 2.05) is 12.1 Å². The van der Waals surface area contributed by atoms with E-state index in [0.717, 1.165) is 0 Å². The zero-order valence-electron chi connectivity index (χ0n) is 10.3. The van der Waals surface area contributed by atoms with Gasteiger partial charge in [0.05, 0.1) is 23.7 Å². The Morgan fingerprint density at radius 1 is 1.11 bits per heavy atom. The molecule has 3 aromatic rings. The molecule has 1 N–H and O–H groups in total. The lowest BCUT2D eigenvalue weighted by Gasteiger charge is -2.08. The third kappa shape index (κ3) is 1.78. The molecule has 94 valence electrons. The quantitative estimate of drug-likeness (QED) is 0.713. The van der Waals surface area contributed by atoms with Gasteiger partial charge in [0.1, 0.15) is 5.75 Å². The Bertz CT molecular complexity index is 796. The minimum atomic E-state index is -0.950. The van der Waals surface area contributed by atoms with Gasteiger partial charge in [0.25, 0.3) is 0 Å². The number of aromatic nitrogens is 1. The number of fused-ring (bicyclic) bond motifs is 2. The van der Waals surface area contributed by atoms with Gasteiger partial charge in [0.15, 0.2) is 0 Å².